The summed E-state index contributed by atoms with van der Waals surface area (Å²) in [6.45, 7) is 9.28. The molecule has 1 heterocycles. The van der Waals surface area contributed by atoms with E-state index in [-0.39, 0.29) is 16.7 Å². The van der Waals surface area contributed by atoms with Gasteiger partial charge >= 0.3 is 0 Å². The normalized spacial score (nSPS) is 30.4. The lowest BCUT2D eigenvalue weighted by Gasteiger charge is -2.41. The standard InChI is InChI=1S/C15H28N2O/c1-14(2)6-4-5-12(14)13(18)17-9-7-15(3,11-16)8-10-17/h12H,4-11,16H2,1-3H3. The van der Waals surface area contributed by atoms with Crippen molar-refractivity contribution in [1.82, 2.24) is 4.90 Å². The Balaban J connectivity index is 1.96. The molecule has 3 nitrogen and oxygen atoms in total. The van der Waals surface area contributed by atoms with E-state index in [1.807, 2.05) is 0 Å². The minimum atomic E-state index is 0.200. The lowest BCUT2D eigenvalue weighted by Crippen LogP contribution is -2.48. The SMILES string of the molecule is CC1(CN)CCN(C(=O)C2CCCC2(C)C)CC1. The van der Waals surface area contributed by atoms with Crippen LogP contribution in [0.3, 0.4) is 0 Å². The molecule has 0 aromatic heterocycles. The number of nitrogens with zero attached hydrogens (tertiary/aromatic N) is 1. The molecule has 0 aromatic carbocycles. The molecule has 18 heavy (non-hydrogen) atoms. The summed E-state index contributed by atoms with van der Waals surface area (Å²) in [5, 5.41) is 0. The molecule has 0 radical (unpaired) electrons. The van der Waals surface area contributed by atoms with Crippen molar-refractivity contribution in [1.29, 1.82) is 0 Å². The summed E-state index contributed by atoms with van der Waals surface area (Å²) in [5.74, 6) is 0.649. The zero-order valence-electron chi connectivity index (χ0n) is 12.2. The van der Waals surface area contributed by atoms with Gasteiger partial charge in [0.1, 0.15) is 0 Å². The maximum absolute atomic E-state index is 12.6. The van der Waals surface area contributed by atoms with E-state index in [1.54, 1.807) is 0 Å². The number of piperidine rings is 1. The van der Waals surface area contributed by atoms with Gasteiger partial charge in [-0.3, -0.25) is 4.79 Å². The lowest BCUT2D eigenvalue weighted by atomic mass is 9.78. The summed E-state index contributed by atoms with van der Waals surface area (Å²) in [7, 11) is 0. The van der Waals surface area contributed by atoms with Gasteiger partial charge in [-0.1, -0.05) is 27.2 Å². The van der Waals surface area contributed by atoms with Crippen LogP contribution in [0, 0.1) is 16.7 Å². The van der Waals surface area contributed by atoms with E-state index in [4.69, 9.17) is 5.73 Å². The molecule has 1 atom stereocenters. The summed E-state index contributed by atoms with van der Waals surface area (Å²) in [6.07, 6.45) is 5.59. The Kier molecular flexibility index (Phi) is 3.72. The number of amides is 1. The van der Waals surface area contributed by atoms with E-state index in [0.29, 0.717) is 5.91 Å². The fraction of sp³-hybridized carbons (Fsp3) is 0.933. The molecule has 2 rings (SSSR count). The first kappa shape index (κ1) is 13.9. The molecule has 0 aromatic rings. The second-order valence-corrected chi connectivity index (χ2v) is 7.27. The molecule has 1 amide bonds. The molecule has 2 N–H and O–H groups in total. The van der Waals surface area contributed by atoms with Gasteiger partial charge in [0, 0.05) is 19.0 Å². The zero-order valence-corrected chi connectivity index (χ0v) is 12.2. The van der Waals surface area contributed by atoms with Gasteiger partial charge in [0.05, 0.1) is 0 Å². The van der Waals surface area contributed by atoms with Gasteiger partial charge in [0.15, 0.2) is 0 Å². The molecule has 2 fully saturated rings. The molecule has 3 heteroatoms. The molecule has 104 valence electrons. The summed E-state index contributed by atoms with van der Waals surface area (Å²) in [4.78, 5) is 14.7. The first-order valence-corrected chi connectivity index (χ1v) is 7.37. The predicted molar refractivity (Wildman–Crippen MR) is 74.1 cm³/mol. The Morgan fingerprint density at radius 1 is 1.22 bits per heavy atom. The van der Waals surface area contributed by atoms with Gasteiger partial charge in [-0.2, -0.15) is 0 Å². The fourth-order valence-electron chi connectivity index (χ4n) is 3.48. The molecule has 1 unspecified atom stereocenters. The number of rotatable bonds is 2. The zero-order chi connectivity index (χ0) is 13.4. The van der Waals surface area contributed by atoms with E-state index in [1.165, 1.54) is 12.8 Å². The molecule has 2 aliphatic rings. The highest BCUT2D eigenvalue weighted by atomic mass is 16.2. The van der Waals surface area contributed by atoms with Crippen LogP contribution in [0.1, 0.15) is 52.9 Å². The Hall–Kier alpha value is -0.570. The van der Waals surface area contributed by atoms with Crippen molar-refractivity contribution in [3.8, 4) is 0 Å². The number of carbonyl (C=O) groups is 1. The van der Waals surface area contributed by atoms with Crippen LogP contribution in [0.15, 0.2) is 0 Å². The molecular weight excluding hydrogens is 224 g/mol. The third-order valence-electron chi connectivity index (χ3n) is 5.33. The van der Waals surface area contributed by atoms with Crippen molar-refractivity contribution < 1.29 is 4.79 Å². The Morgan fingerprint density at radius 3 is 2.28 bits per heavy atom. The average Bonchev–Trinajstić information content (AvgIpc) is 2.69. The third kappa shape index (κ3) is 2.56. The van der Waals surface area contributed by atoms with Crippen LogP contribution in [0.5, 0.6) is 0 Å². The molecule has 0 bridgehead atoms. The van der Waals surface area contributed by atoms with E-state index >= 15 is 0 Å². The third-order valence-corrected chi connectivity index (χ3v) is 5.33. The van der Waals surface area contributed by atoms with E-state index in [0.717, 1.165) is 38.9 Å². The van der Waals surface area contributed by atoms with Crippen LogP contribution in [-0.4, -0.2) is 30.4 Å². The molecule has 1 aliphatic heterocycles. The van der Waals surface area contributed by atoms with E-state index in [9.17, 15) is 4.79 Å². The predicted octanol–water partition coefficient (Wildman–Crippen LogP) is 2.40. The Morgan fingerprint density at radius 2 is 1.83 bits per heavy atom. The largest absolute Gasteiger partial charge is 0.342 e. The summed E-state index contributed by atoms with van der Waals surface area (Å²) in [5.41, 5.74) is 6.27. The van der Waals surface area contributed by atoms with Gasteiger partial charge in [-0.05, 0) is 43.1 Å². The Bertz CT molecular complexity index is 316. The second kappa shape index (κ2) is 4.84. The summed E-state index contributed by atoms with van der Waals surface area (Å²) >= 11 is 0. The maximum atomic E-state index is 12.6. The molecule has 1 saturated heterocycles. The van der Waals surface area contributed by atoms with Crippen LogP contribution in [-0.2, 0) is 4.79 Å². The smallest absolute Gasteiger partial charge is 0.226 e. The maximum Gasteiger partial charge on any atom is 0.226 e. The minimum Gasteiger partial charge on any atom is -0.342 e. The van der Waals surface area contributed by atoms with Crippen LogP contribution in [0.4, 0.5) is 0 Å². The number of carbonyl (C=O) groups excluding carboxylic acids is 1. The Labute approximate surface area is 111 Å². The first-order chi connectivity index (χ1) is 8.38. The summed E-state index contributed by atoms with van der Waals surface area (Å²) < 4.78 is 0. The van der Waals surface area contributed by atoms with Crippen molar-refractivity contribution in [2.45, 2.75) is 52.9 Å². The highest BCUT2D eigenvalue weighted by molar-refractivity contribution is 5.80. The highest BCUT2D eigenvalue weighted by Gasteiger charge is 2.42. The number of nitrogens with two attached hydrogens (primary N) is 1. The monoisotopic (exact) mass is 252 g/mol. The quantitative estimate of drug-likeness (QED) is 0.820. The second-order valence-electron chi connectivity index (χ2n) is 7.27. The van der Waals surface area contributed by atoms with Gasteiger partial charge in [0.25, 0.3) is 0 Å². The number of likely N-dealkylation sites (tertiary alicyclic amines) is 1. The number of hydrogen-bond donors (Lipinski definition) is 1. The van der Waals surface area contributed by atoms with Crippen molar-refractivity contribution in [2.24, 2.45) is 22.5 Å². The van der Waals surface area contributed by atoms with E-state index < -0.39 is 0 Å². The fourth-order valence-corrected chi connectivity index (χ4v) is 3.48. The highest BCUT2D eigenvalue weighted by Crippen LogP contribution is 2.44. The van der Waals surface area contributed by atoms with Crippen LogP contribution in [0.2, 0.25) is 0 Å². The van der Waals surface area contributed by atoms with E-state index in [2.05, 4.69) is 25.7 Å². The van der Waals surface area contributed by atoms with Crippen molar-refractivity contribution in [2.75, 3.05) is 19.6 Å². The number of hydrogen-bond acceptors (Lipinski definition) is 2. The summed E-state index contributed by atoms with van der Waals surface area (Å²) in [6, 6.07) is 0. The van der Waals surface area contributed by atoms with Crippen molar-refractivity contribution in [3.05, 3.63) is 0 Å². The molecule has 1 aliphatic carbocycles. The molecule has 0 spiro atoms. The average molecular weight is 252 g/mol. The molecular formula is C15H28N2O. The lowest BCUT2D eigenvalue weighted by molar-refractivity contribution is -0.140. The van der Waals surface area contributed by atoms with Gasteiger partial charge < -0.3 is 10.6 Å². The van der Waals surface area contributed by atoms with Gasteiger partial charge in [-0.25, -0.2) is 0 Å². The van der Waals surface area contributed by atoms with Crippen LogP contribution in [0.25, 0.3) is 0 Å². The first-order valence-electron chi connectivity index (χ1n) is 7.37. The van der Waals surface area contributed by atoms with Crippen molar-refractivity contribution in [3.63, 3.8) is 0 Å². The topological polar surface area (TPSA) is 46.3 Å². The van der Waals surface area contributed by atoms with Gasteiger partial charge in [0.2, 0.25) is 5.91 Å². The van der Waals surface area contributed by atoms with Crippen LogP contribution < -0.4 is 5.73 Å². The minimum absolute atomic E-state index is 0.200. The molecule has 1 saturated carbocycles. The van der Waals surface area contributed by atoms with Crippen molar-refractivity contribution >= 4 is 5.91 Å². The van der Waals surface area contributed by atoms with Gasteiger partial charge in [-0.15, -0.1) is 0 Å². The van der Waals surface area contributed by atoms with Crippen LogP contribution >= 0.6 is 0 Å².